The number of benzene rings is 1. The van der Waals surface area contributed by atoms with E-state index in [1.165, 1.54) is 5.56 Å². The van der Waals surface area contributed by atoms with E-state index in [0.29, 0.717) is 0 Å². The second-order valence-electron chi connectivity index (χ2n) is 5.58. The average molecular weight is 284 g/mol. The monoisotopic (exact) mass is 284 g/mol. The zero-order valence-corrected chi connectivity index (χ0v) is 12.8. The fourth-order valence-electron chi connectivity index (χ4n) is 2.93. The van der Waals surface area contributed by atoms with Gasteiger partial charge in [-0.1, -0.05) is 30.3 Å². The van der Waals surface area contributed by atoms with Gasteiger partial charge in [0.1, 0.15) is 0 Å². The van der Waals surface area contributed by atoms with Crippen LogP contribution < -0.4 is 4.90 Å². The summed E-state index contributed by atoms with van der Waals surface area (Å²) in [4.78, 5) is 9.46. The molecular formula is C17H24N4. The number of rotatable bonds is 5. The Hall–Kier alpha value is -1.81. The number of imidazole rings is 1. The standard InChI is InChI=1S/C17H24N4/c1-2-20-11-9-18-17(20)21-14-12-19(13-15-21)10-8-16-6-4-3-5-7-16/h3-7,9,11H,2,8,10,12-15H2,1H3. The van der Waals surface area contributed by atoms with E-state index in [9.17, 15) is 0 Å². The predicted molar refractivity (Wildman–Crippen MR) is 86.7 cm³/mol. The molecule has 4 heteroatoms. The highest BCUT2D eigenvalue weighted by Gasteiger charge is 2.19. The van der Waals surface area contributed by atoms with Crippen molar-refractivity contribution in [2.45, 2.75) is 19.9 Å². The lowest BCUT2D eigenvalue weighted by molar-refractivity contribution is 0.259. The molecule has 21 heavy (non-hydrogen) atoms. The minimum absolute atomic E-state index is 0.990. The van der Waals surface area contributed by atoms with Crippen molar-refractivity contribution in [3.8, 4) is 0 Å². The van der Waals surface area contributed by atoms with E-state index >= 15 is 0 Å². The predicted octanol–water partition coefficient (Wildman–Crippen LogP) is 2.27. The molecule has 2 heterocycles. The fraction of sp³-hybridized carbons (Fsp3) is 0.471. The molecule has 112 valence electrons. The topological polar surface area (TPSA) is 24.3 Å². The first kappa shape index (κ1) is 14.1. The van der Waals surface area contributed by atoms with Crippen LogP contribution in [0.2, 0.25) is 0 Å². The van der Waals surface area contributed by atoms with Gasteiger partial charge in [-0.15, -0.1) is 0 Å². The van der Waals surface area contributed by atoms with E-state index in [-0.39, 0.29) is 0 Å². The van der Waals surface area contributed by atoms with Crippen LogP contribution in [-0.2, 0) is 13.0 Å². The second kappa shape index (κ2) is 6.76. The van der Waals surface area contributed by atoms with Crippen LogP contribution in [0.4, 0.5) is 5.95 Å². The number of nitrogens with zero attached hydrogens (tertiary/aromatic N) is 4. The SMILES string of the molecule is CCn1ccnc1N1CCN(CCc2ccccc2)CC1. The van der Waals surface area contributed by atoms with E-state index in [1.54, 1.807) is 0 Å². The highest BCUT2D eigenvalue weighted by molar-refractivity contribution is 5.32. The van der Waals surface area contributed by atoms with E-state index < -0.39 is 0 Å². The number of aryl methyl sites for hydroxylation is 1. The van der Waals surface area contributed by atoms with E-state index in [2.05, 4.69) is 62.8 Å². The van der Waals surface area contributed by atoms with Gasteiger partial charge in [-0.2, -0.15) is 0 Å². The van der Waals surface area contributed by atoms with Crippen molar-refractivity contribution in [2.75, 3.05) is 37.6 Å². The molecule has 1 aliphatic rings. The van der Waals surface area contributed by atoms with Gasteiger partial charge in [0.25, 0.3) is 0 Å². The van der Waals surface area contributed by atoms with Crippen molar-refractivity contribution in [3.05, 3.63) is 48.3 Å². The third kappa shape index (κ3) is 3.45. The van der Waals surface area contributed by atoms with Gasteiger partial charge >= 0.3 is 0 Å². The summed E-state index contributed by atoms with van der Waals surface area (Å²) in [6, 6.07) is 10.8. The third-order valence-electron chi connectivity index (χ3n) is 4.25. The molecular weight excluding hydrogens is 260 g/mol. The Labute approximate surface area is 127 Å². The Balaban J connectivity index is 1.49. The highest BCUT2D eigenvalue weighted by Crippen LogP contribution is 2.14. The Morgan fingerprint density at radius 1 is 1.05 bits per heavy atom. The summed E-state index contributed by atoms with van der Waals surface area (Å²) in [6.07, 6.45) is 5.11. The van der Waals surface area contributed by atoms with Crippen molar-refractivity contribution in [2.24, 2.45) is 0 Å². The van der Waals surface area contributed by atoms with E-state index in [0.717, 1.165) is 51.6 Å². The number of hydrogen-bond donors (Lipinski definition) is 0. The van der Waals surface area contributed by atoms with Crippen LogP contribution in [0.1, 0.15) is 12.5 Å². The number of hydrogen-bond acceptors (Lipinski definition) is 3. The summed E-state index contributed by atoms with van der Waals surface area (Å²) in [7, 11) is 0. The quantitative estimate of drug-likeness (QED) is 0.842. The van der Waals surface area contributed by atoms with Crippen molar-refractivity contribution >= 4 is 5.95 Å². The molecule has 1 saturated heterocycles. The molecule has 3 rings (SSSR count). The lowest BCUT2D eigenvalue weighted by Gasteiger charge is -2.35. The van der Waals surface area contributed by atoms with Crippen LogP contribution >= 0.6 is 0 Å². The summed E-state index contributed by atoms with van der Waals surface area (Å²) in [5.41, 5.74) is 1.43. The second-order valence-corrected chi connectivity index (χ2v) is 5.58. The van der Waals surface area contributed by atoms with Crippen molar-refractivity contribution < 1.29 is 0 Å². The zero-order valence-electron chi connectivity index (χ0n) is 12.8. The lowest BCUT2D eigenvalue weighted by Crippen LogP contribution is -2.47. The Kier molecular flexibility index (Phi) is 4.55. The zero-order chi connectivity index (χ0) is 14.5. The number of aromatic nitrogens is 2. The summed E-state index contributed by atoms with van der Waals surface area (Å²) in [6.45, 7) is 8.72. The van der Waals surface area contributed by atoms with Gasteiger partial charge in [-0.3, -0.25) is 4.90 Å². The Morgan fingerprint density at radius 2 is 1.81 bits per heavy atom. The molecule has 0 spiro atoms. The molecule has 0 unspecified atom stereocenters. The van der Waals surface area contributed by atoms with Gasteiger partial charge in [0, 0.05) is 51.7 Å². The van der Waals surface area contributed by atoms with Crippen molar-refractivity contribution in [3.63, 3.8) is 0 Å². The van der Waals surface area contributed by atoms with Gasteiger partial charge in [0.05, 0.1) is 0 Å². The maximum atomic E-state index is 4.50. The Morgan fingerprint density at radius 3 is 2.52 bits per heavy atom. The molecule has 1 aromatic heterocycles. The van der Waals surface area contributed by atoms with Gasteiger partial charge in [0.15, 0.2) is 0 Å². The molecule has 1 aliphatic heterocycles. The normalized spacial score (nSPS) is 16.3. The van der Waals surface area contributed by atoms with Gasteiger partial charge in [-0.25, -0.2) is 4.98 Å². The van der Waals surface area contributed by atoms with Crippen LogP contribution in [0.5, 0.6) is 0 Å². The number of piperazine rings is 1. The summed E-state index contributed by atoms with van der Waals surface area (Å²) in [5, 5.41) is 0. The van der Waals surface area contributed by atoms with E-state index in [4.69, 9.17) is 0 Å². The summed E-state index contributed by atoms with van der Waals surface area (Å²) in [5.74, 6) is 1.13. The van der Waals surface area contributed by atoms with Crippen LogP contribution in [0.3, 0.4) is 0 Å². The van der Waals surface area contributed by atoms with Gasteiger partial charge < -0.3 is 9.47 Å². The molecule has 0 N–H and O–H groups in total. The van der Waals surface area contributed by atoms with Crippen molar-refractivity contribution in [1.82, 2.24) is 14.5 Å². The first-order valence-corrected chi connectivity index (χ1v) is 7.89. The van der Waals surface area contributed by atoms with Crippen LogP contribution in [0.15, 0.2) is 42.7 Å². The molecule has 1 aromatic carbocycles. The molecule has 0 aliphatic carbocycles. The molecule has 4 nitrogen and oxygen atoms in total. The minimum Gasteiger partial charge on any atom is -0.340 e. The minimum atomic E-state index is 0.990. The van der Waals surface area contributed by atoms with Crippen LogP contribution in [-0.4, -0.2) is 47.2 Å². The van der Waals surface area contributed by atoms with E-state index in [1.807, 2.05) is 6.20 Å². The molecule has 0 saturated carbocycles. The largest absolute Gasteiger partial charge is 0.340 e. The molecule has 0 radical (unpaired) electrons. The third-order valence-corrected chi connectivity index (χ3v) is 4.25. The molecule has 2 aromatic rings. The molecule has 0 atom stereocenters. The lowest BCUT2D eigenvalue weighted by atomic mass is 10.1. The smallest absolute Gasteiger partial charge is 0.205 e. The van der Waals surface area contributed by atoms with Crippen LogP contribution in [0, 0.1) is 0 Å². The fourth-order valence-corrected chi connectivity index (χ4v) is 2.93. The average Bonchev–Trinajstić information content (AvgIpc) is 3.03. The molecule has 1 fully saturated rings. The maximum Gasteiger partial charge on any atom is 0.205 e. The van der Waals surface area contributed by atoms with Crippen molar-refractivity contribution in [1.29, 1.82) is 0 Å². The number of anilines is 1. The van der Waals surface area contributed by atoms with Crippen LogP contribution in [0.25, 0.3) is 0 Å². The first-order chi connectivity index (χ1) is 10.4. The van der Waals surface area contributed by atoms with Gasteiger partial charge in [0.2, 0.25) is 5.95 Å². The summed E-state index contributed by atoms with van der Waals surface area (Å²) >= 11 is 0. The highest BCUT2D eigenvalue weighted by atomic mass is 15.3. The summed E-state index contributed by atoms with van der Waals surface area (Å²) < 4.78 is 2.22. The van der Waals surface area contributed by atoms with Gasteiger partial charge in [-0.05, 0) is 18.9 Å². The first-order valence-electron chi connectivity index (χ1n) is 7.89. The maximum absolute atomic E-state index is 4.50. The molecule has 0 amide bonds. The molecule has 0 bridgehead atoms. The Bertz CT molecular complexity index is 541.